The second-order valence-electron chi connectivity index (χ2n) is 2.61. The Morgan fingerprint density at radius 2 is 2.07 bits per heavy atom. The van der Waals surface area contributed by atoms with Crippen LogP contribution >= 0.6 is 15.9 Å². The fourth-order valence-corrected chi connectivity index (χ4v) is 1.54. The van der Waals surface area contributed by atoms with Crippen molar-refractivity contribution in [2.24, 2.45) is 0 Å². The van der Waals surface area contributed by atoms with E-state index < -0.39 is 5.97 Å². The molecule has 0 atom stereocenters. The van der Waals surface area contributed by atoms with Gasteiger partial charge in [0.15, 0.2) is 0 Å². The summed E-state index contributed by atoms with van der Waals surface area (Å²) in [4.78, 5) is 18.6. The van der Waals surface area contributed by atoms with E-state index in [1.807, 2.05) is 0 Å². The maximum atomic E-state index is 10.7. The maximum Gasteiger partial charge on any atom is 0.340 e. The number of carboxylic acids is 1. The van der Waals surface area contributed by atoms with Crippen molar-refractivity contribution in [2.45, 2.75) is 0 Å². The molecule has 2 rings (SSSR count). The summed E-state index contributed by atoms with van der Waals surface area (Å²) in [6, 6.07) is 1.67. The highest BCUT2D eigenvalue weighted by atomic mass is 79.9. The Labute approximate surface area is 92.7 Å². The third-order valence-electron chi connectivity index (χ3n) is 1.68. The summed E-state index contributed by atoms with van der Waals surface area (Å²) < 4.78 is 1.63. The topological polar surface area (TPSA) is 80.9 Å². The zero-order chi connectivity index (χ0) is 10.8. The van der Waals surface area contributed by atoms with Crippen molar-refractivity contribution in [1.29, 1.82) is 0 Å². The third-order valence-corrected chi connectivity index (χ3v) is 2.45. The van der Waals surface area contributed by atoms with Crippen LogP contribution < -0.4 is 0 Å². The number of aromatic nitrogens is 4. The lowest BCUT2D eigenvalue weighted by atomic mass is 10.4. The van der Waals surface area contributed by atoms with Crippen molar-refractivity contribution in [1.82, 2.24) is 19.7 Å². The number of carboxylic acid groups (broad SMARTS) is 1. The quantitative estimate of drug-likeness (QED) is 0.883. The normalized spacial score (nSPS) is 10.2. The van der Waals surface area contributed by atoms with Gasteiger partial charge in [-0.05, 0) is 22.0 Å². The molecule has 0 saturated heterocycles. The third kappa shape index (κ3) is 1.73. The standard InChI is InChI=1S/C8H5BrN4O2/c9-6-5(7(14)15)4-12-13(6)8-10-2-1-3-11-8/h1-4H,(H,14,15). The number of hydrogen-bond acceptors (Lipinski definition) is 4. The SMILES string of the molecule is O=C(O)c1cnn(-c2ncccn2)c1Br. The molecule has 0 aliphatic carbocycles. The van der Waals surface area contributed by atoms with E-state index in [1.54, 1.807) is 18.5 Å². The van der Waals surface area contributed by atoms with E-state index in [2.05, 4.69) is 31.0 Å². The molecule has 15 heavy (non-hydrogen) atoms. The van der Waals surface area contributed by atoms with Crippen molar-refractivity contribution in [3.05, 3.63) is 34.8 Å². The van der Waals surface area contributed by atoms with Crippen LogP contribution in [0.25, 0.3) is 5.95 Å². The van der Waals surface area contributed by atoms with Crippen molar-refractivity contribution in [3.63, 3.8) is 0 Å². The molecule has 76 valence electrons. The molecule has 2 aromatic rings. The second-order valence-corrected chi connectivity index (χ2v) is 3.37. The van der Waals surface area contributed by atoms with Crippen LogP contribution in [-0.4, -0.2) is 30.8 Å². The first-order valence-electron chi connectivity index (χ1n) is 3.94. The van der Waals surface area contributed by atoms with Gasteiger partial charge in [0.2, 0.25) is 0 Å². The van der Waals surface area contributed by atoms with E-state index in [9.17, 15) is 4.79 Å². The van der Waals surface area contributed by atoms with E-state index in [0.717, 1.165) is 0 Å². The van der Waals surface area contributed by atoms with Gasteiger partial charge in [-0.25, -0.2) is 14.8 Å². The fourth-order valence-electron chi connectivity index (χ4n) is 1.02. The molecule has 0 unspecified atom stereocenters. The Kier molecular flexibility index (Phi) is 2.46. The molecule has 0 radical (unpaired) electrons. The predicted octanol–water partition coefficient (Wildman–Crippen LogP) is 1.12. The van der Waals surface area contributed by atoms with Gasteiger partial charge in [-0.2, -0.15) is 9.78 Å². The van der Waals surface area contributed by atoms with Gasteiger partial charge in [-0.15, -0.1) is 0 Å². The first-order valence-corrected chi connectivity index (χ1v) is 4.73. The van der Waals surface area contributed by atoms with Gasteiger partial charge in [0.05, 0.1) is 6.20 Å². The molecular formula is C8H5BrN4O2. The molecule has 7 heteroatoms. The van der Waals surface area contributed by atoms with E-state index in [-0.39, 0.29) is 5.56 Å². The molecule has 0 amide bonds. The summed E-state index contributed by atoms with van der Waals surface area (Å²) in [5.41, 5.74) is 0.0717. The molecule has 0 bridgehead atoms. The van der Waals surface area contributed by atoms with Crippen LogP contribution in [0, 0.1) is 0 Å². The van der Waals surface area contributed by atoms with E-state index in [0.29, 0.717) is 10.6 Å². The van der Waals surface area contributed by atoms with Crippen molar-refractivity contribution in [2.75, 3.05) is 0 Å². The molecule has 0 aliphatic rings. The summed E-state index contributed by atoms with van der Waals surface area (Å²) in [6.45, 7) is 0. The summed E-state index contributed by atoms with van der Waals surface area (Å²) in [5, 5.41) is 12.7. The van der Waals surface area contributed by atoms with Crippen molar-refractivity contribution in [3.8, 4) is 5.95 Å². The van der Waals surface area contributed by atoms with Gasteiger partial charge < -0.3 is 5.11 Å². The summed E-state index contributed by atoms with van der Waals surface area (Å²) in [7, 11) is 0. The monoisotopic (exact) mass is 268 g/mol. The minimum absolute atomic E-state index is 0.0717. The second kappa shape index (κ2) is 3.77. The molecule has 6 nitrogen and oxygen atoms in total. The molecule has 0 aromatic carbocycles. The molecule has 1 N–H and O–H groups in total. The van der Waals surface area contributed by atoms with Crippen LogP contribution in [0.1, 0.15) is 10.4 Å². The zero-order valence-corrected chi connectivity index (χ0v) is 8.92. The first-order chi connectivity index (χ1) is 7.20. The van der Waals surface area contributed by atoms with Crippen LogP contribution in [0.2, 0.25) is 0 Å². The van der Waals surface area contributed by atoms with Crippen molar-refractivity contribution < 1.29 is 9.90 Å². The fraction of sp³-hybridized carbons (Fsp3) is 0. The van der Waals surface area contributed by atoms with Gasteiger partial charge in [0.25, 0.3) is 5.95 Å². The molecule has 0 spiro atoms. The predicted molar refractivity (Wildman–Crippen MR) is 53.8 cm³/mol. The number of carbonyl (C=O) groups is 1. The van der Waals surface area contributed by atoms with E-state index >= 15 is 0 Å². The number of nitrogens with zero attached hydrogens (tertiary/aromatic N) is 4. The largest absolute Gasteiger partial charge is 0.478 e. The van der Waals surface area contributed by atoms with Crippen LogP contribution in [0.15, 0.2) is 29.3 Å². The van der Waals surface area contributed by atoms with E-state index in [1.165, 1.54) is 10.9 Å². The average molecular weight is 269 g/mol. The highest BCUT2D eigenvalue weighted by Crippen LogP contribution is 2.18. The van der Waals surface area contributed by atoms with Gasteiger partial charge in [-0.3, -0.25) is 0 Å². The molecule has 2 aromatic heterocycles. The molecule has 2 heterocycles. The number of aromatic carboxylic acids is 1. The lowest BCUT2D eigenvalue weighted by Gasteiger charge is -1.99. The minimum Gasteiger partial charge on any atom is -0.478 e. The lowest BCUT2D eigenvalue weighted by Crippen LogP contribution is -2.03. The minimum atomic E-state index is -1.05. The Balaban J connectivity index is 2.52. The molecule has 0 aliphatic heterocycles. The first kappa shape index (κ1) is 9.78. The Morgan fingerprint density at radius 1 is 1.40 bits per heavy atom. The average Bonchev–Trinajstić information content (AvgIpc) is 2.61. The summed E-state index contributed by atoms with van der Waals surface area (Å²) in [5.74, 6) is -0.735. The Hall–Kier alpha value is -1.76. The maximum absolute atomic E-state index is 10.7. The highest BCUT2D eigenvalue weighted by Gasteiger charge is 2.16. The van der Waals surface area contributed by atoms with Gasteiger partial charge >= 0.3 is 5.97 Å². The number of halogens is 1. The zero-order valence-electron chi connectivity index (χ0n) is 7.33. The smallest absolute Gasteiger partial charge is 0.340 e. The van der Waals surface area contributed by atoms with Crippen molar-refractivity contribution >= 4 is 21.9 Å². The highest BCUT2D eigenvalue weighted by molar-refractivity contribution is 9.10. The van der Waals surface area contributed by atoms with Crippen LogP contribution in [0.3, 0.4) is 0 Å². The molecular weight excluding hydrogens is 264 g/mol. The van der Waals surface area contributed by atoms with Crippen LogP contribution in [-0.2, 0) is 0 Å². The summed E-state index contributed by atoms with van der Waals surface area (Å²) in [6.07, 6.45) is 4.34. The Bertz CT molecular complexity index is 497. The van der Waals surface area contributed by atoms with Crippen LogP contribution in [0.5, 0.6) is 0 Å². The lowest BCUT2D eigenvalue weighted by molar-refractivity contribution is 0.0696. The van der Waals surface area contributed by atoms with E-state index in [4.69, 9.17) is 5.11 Å². The Morgan fingerprint density at radius 3 is 2.60 bits per heavy atom. The molecule has 0 fully saturated rings. The van der Waals surface area contributed by atoms with Gasteiger partial charge in [0, 0.05) is 12.4 Å². The number of rotatable bonds is 2. The summed E-state index contributed by atoms with van der Waals surface area (Å²) >= 11 is 3.13. The van der Waals surface area contributed by atoms with Gasteiger partial charge in [-0.1, -0.05) is 0 Å². The van der Waals surface area contributed by atoms with Crippen LogP contribution in [0.4, 0.5) is 0 Å². The van der Waals surface area contributed by atoms with Gasteiger partial charge in [0.1, 0.15) is 10.2 Å². The number of hydrogen-bond donors (Lipinski definition) is 1. The molecule has 0 saturated carbocycles.